The highest BCUT2D eigenvalue weighted by Gasteiger charge is 2.12. The second-order valence-electron chi connectivity index (χ2n) is 6.48. The Balaban J connectivity index is 1.65. The molecule has 0 radical (unpaired) electrons. The van der Waals surface area contributed by atoms with Crippen LogP contribution in [-0.4, -0.2) is 40.6 Å². The molecule has 3 rings (SSSR count). The molecular formula is C20H21ClN4O2. The van der Waals surface area contributed by atoms with Gasteiger partial charge < -0.3 is 10.2 Å². The van der Waals surface area contributed by atoms with Crippen LogP contribution in [0.25, 0.3) is 10.8 Å². The van der Waals surface area contributed by atoms with Crippen LogP contribution in [0.3, 0.4) is 0 Å². The zero-order valence-electron chi connectivity index (χ0n) is 15.3. The van der Waals surface area contributed by atoms with Gasteiger partial charge in [-0.3, -0.25) is 14.3 Å². The maximum absolute atomic E-state index is 12.7. The molecule has 2 amide bonds. The third kappa shape index (κ3) is 4.65. The second kappa shape index (κ2) is 8.22. The van der Waals surface area contributed by atoms with Crippen molar-refractivity contribution in [2.45, 2.75) is 19.4 Å². The molecule has 0 atom stereocenters. The maximum atomic E-state index is 12.7. The summed E-state index contributed by atoms with van der Waals surface area (Å²) < 4.78 is 1.72. The third-order valence-electron chi connectivity index (χ3n) is 4.25. The van der Waals surface area contributed by atoms with Gasteiger partial charge in [0.05, 0.1) is 0 Å². The largest absolute Gasteiger partial charge is 0.349 e. The number of benzene rings is 2. The van der Waals surface area contributed by atoms with Crippen molar-refractivity contribution >= 4 is 40.0 Å². The van der Waals surface area contributed by atoms with Crippen molar-refractivity contribution < 1.29 is 9.59 Å². The summed E-state index contributed by atoms with van der Waals surface area (Å²) in [7, 11) is 3.48. The summed E-state index contributed by atoms with van der Waals surface area (Å²) >= 11 is 6.02. The molecule has 0 aliphatic rings. The molecule has 0 aliphatic heterocycles. The van der Waals surface area contributed by atoms with E-state index < -0.39 is 0 Å². The molecule has 0 saturated heterocycles. The number of rotatable bonds is 6. The van der Waals surface area contributed by atoms with Gasteiger partial charge in [-0.25, -0.2) is 0 Å². The average molecular weight is 385 g/mol. The van der Waals surface area contributed by atoms with Gasteiger partial charge in [-0.05, 0) is 35.4 Å². The number of hydrogen-bond donors (Lipinski definition) is 1. The lowest BCUT2D eigenvalue weighted by atomic mass is 10.0. The summed E-state index contributed by atoms with van der Waals surface area (Å²) in [5.74, 6) is 0.340. The fraction of sp³-hybridized carbons (Fsp3) is 0.250. The first-order valence-electron chi connectivity index (χ1n) is 8.67. The summed E-state index contributed by atoms with van der Waals surface area (Å²) in [6.07, 6.45) is 2.95. The fourth-order valence-corrected chi connectivity index (χ4v) is 2.99. The van der Waals surface area contributed by atoms with Gasteiger partial charge in [-0.2, -0.15) is 5.10 Å². The second-order valence-corrected chi connectivity index (χ2v) is 6.92. The maximum Gasteiger partial charge on any atom is 0.257 e. The number of aromatic nitrogens is 2. The normalized spacial score (nSPS) is 10.8. The van der Waals surface area contributed by atoms with Crippen LogP contribution in [0.2, 0.25) is 5.02 Å². The Morgan fingerprint density at radius 1 is 1.19 bits per heavy atom. The summed E-state index contributed by atoms with van der Waals surface area (Å²) in [5.41, 5.74) is 0.565. The van der Waals surface area contributed by atoms with Gasteiger partial charge in [-0.1, -0.05) is 29.8 Å². The van der Waals surface area contributed by atoms with Gasteiger partial charge in [0.25, 0.3) is 5.91 Å². The van der Waals surface area contributed by atoms with Crippen LogP contribution in [0.15, 0.2) is 48.7 Å². The molecule has 1 N–H and O–H groups in total. The van der Waals surface area contributed by atoms with E-state index >= 15 is 0 Å². The first-order valence-corrected chi connectivity index (χ1v) is 9.05. The van der Waals surface area contributed by atoms with Crippen LogP contribution in [0, 0.1) is 0 Å². The number of aryl methyl sites for hydroxylation is 1. The number of fused-ring (bicyclic) bond motifs is 1. The van der Waals surface area contributed by atoms with Gasteiger partial charge in [-0.15, -0.1) is 0 Å². The molecule has 7 heteroatoms. The number of nitrogens with zero attached hydrogens (tertiary/aromatic N) is 3. The number of halogens is 1. The molecule has 0 spiro atoms. The predicted octanol–water partition coefficient (Wildman–Crippen LogP) is 3.81. The van der Waals surface area contributed by atoms with Gasteiger partial charge in [0.1, 0.15) is 0 Å². The van der Waals surface area contributed by atoms with Crippen molar-refractivity contribution in [3.8, 4) is 0 Å². The Bertz CT molecular complexity index is 981. The zero-order valence-corrected chi connectivity index (χ0v) is 16.0. The van der Waals surface area contributed by atoms with Crippen molar-refractivity contribution in [1.82, 2.24) is 14.7 Å². The first kappa shape index (κ1) is 18.9. The molecular weight excluding hydrogens is 364 g/mol. The summed E-state index contributed by atoms with van der Waals surface area (Å²) in [6.45, 7) is 0.613. The SMILES string of the molecule is CN(C)C(=O)CCCn1ccc(NC(=O)c2cccc3cc(Cl)ccc23)n1. The number of amides is 2. The Labute approximate surface area is 162 Å². The number of carbonyl (C=O) groups excluding carboxylic acids is 2. The summed E-state index contributed by atoms with van der Waals surface area (Å²) in [5, 5.41) is 9.55. The Hall–Kier alpha value is -2.86. The van der Waals surface area contributed by atoms with Crippen molar-refractivity contribution in [1.29, 1.82) is 0 Å². The summed E-state index contributed by atoms with van der Waals surface area (Å²) in [4.78, 5) is 25.8. The molecule has 3 aromatic rings. The van der Waals surface area contributed by atoms with Crippen LogP contribution in [0.4, 0.5) is 5.82 Å². The van der Waals surface area contributed by atoms with Crippen molar-refractivity contribution in [2.75, 3.05) is 19.4 Å². The topological polar surface area (TPSA) is 67.2 Å². The van der Waals surface area contributed by atoms with E-state index in [-0.39, 0.29) is 11.8 Å². The van der Waals surface area contributed by atoms with Gasteiger partial charge in [0.2, 0.25) is 5.91 Å². The molecule has 0 fully saturated rings. The van der Waals surface area contributed by atoms with Gasteiger partial charge >= 0.3 is 0 Å². The average Bonchev–Trinajstić information content (AvgIpc) is 3.07. The number of nitrogens with one attached hydrogen (secondary N) is 1. The van der Waals surface area contributed by atoms with Gasteiger partial charge in [0.15, 0.2) is 5.82 Å². The number of carbonyl (C=O) groups is 2. The Kier molecular flexibility index (Phi) is 5.76. The lowest BCUT2D eigenvalue weighted by Gasteiger charge is -2.09. The highest BCUT2D eigenvalue weighted by molar-refractivity contribution is 6.31. The molecule has 1 heterocycles. The quantitative estimate of drug-likeness (QED) is 0.702. The molecule has 1 aromatic heterocycles. The number of anilines is 1. The summed E-state index contributed by atoms with van der Waals surface area (Å²) in [6, 6.07) is 12.7. The molecule has 140 valence electrons. The van der Waals surface area contributed by atoms with Gasteiger partial charge in [0, 0.05) is 49.9 Å². The van der Waals surface area contributed by atoms with Crippen LogP contribution in [0.5, 0.6) is 0 Å². The molecule has 0 bridgehead atoms. The highest BCUT2D eigenvalue weighted by Crippen LogP contribution is 2.23. The molecule has 6 nitrogen and oxygen atoms in total. The monoisotopic (exact) mass is 384 g/mol. The highest BCUT2D eigenvalue weighted by atomic mass is 35.5. The van der Waals surface area contributed by atoms with Crippen LogP contribution >= 0.6 is 11.6 Å². The minimum Gasteiger partial charge on any atom is -0.349 e. The minimum atomic E-state index is -0.226. The van der Waals surface area contributed by atoms with Crippen molar-refractivity contribution in [3.63, 3.8) is 0 Å². The van der Waals surface area contributed by atoms with E-state index in [0.29, 0.717) is 35.8 Å². The van der Waals surface area contributed by atoms with E-state index in [1.165, 1.54) is 0 Å². The van der Waals surface area contributed by atoms with Crippen molar-refractivity contribution in [3.05, 3.63) is 59.2 Å². The smallest absolute Gasteiger partial charge is 0.257 e. The van der Waals surface area contributed by atoms with E-state index in [0.717, 1.165) is 10.8 Å². The lowest BCUT2D eigenvalue weighted by molar-refractivity contribution is -0.128. The Morgan fingerprint density at radius 3 is 2.78 bits per heavy atom. The van der Waals surface area contributed by atoms with E-state index in [2.05, 4.69) is 10.4 Å². The van der Waals surface area contributed by atoms with Crippen LogP contribution in [-0.2, 0) is 11.3 Å². The van der Waals surface area contributed by atoms with E-state index in [9.17, 15) is 9.59 Å². The lowest BCUT2D eigenvalue weighted by Crippen LogP contribution is -2.21. The van der Waals surface area contributed by atoms with Crippen molar-refractivity contribution in [2.24, 2.45) is 0 Å². The Morgan fingerprint density at radius 2 is 2.00 bits per heavy atom. The molecule has 27 heavy (non-hydrogen) atoms. The molecule has 2 aromatic carbocycles. The van der Waals surface area contributed by atoms with E-state index in [4.69, 9.17) is 11.6 Å². The minimum absolute atomic E-state index is 0.0896. The zero-order chi connectivity index (χ0) is 19.4. The number of hydrogen-bond acceptors (Lipinski definition) is 3. The third-order valence-corrected chi connectivity index (χ3v) is 4.48. The fourth-order valence-electron chi connectivity index (χ4n) is 2.80. The predicted molar refractivity (Wildman–Crippen MR) is 107 cm³/mol. The molecule has 0 saturated carbocycles. The molecule has 0 unspecified atom stereocenters. The first-order chi connectivity index (χ1) is 12.9. The van der Waals surface area contributed by atoms with E-state index in [1.54, 1.807) is 48.1 Å². The van der Waals surface area contributed by atoms with Crippen LogP contribution in [0.1, 0.15) is 23.2 Å². The standard InChI is InChI=1S/C20H21ClN4O2/c1-24(2)19(26)7-4-11-25-12-10-18(23-25)22-20(27)17-6-3-5-14-13-15(21)8-9-16(14)17/h3,5-6,8-10,12-13H,4,7,11H2,1-2H3,(H,22,23,27). The van der Waals surface area contributed by atoms with Crippen LogP contribution < -0.4 is 5.32 Å². The molecule has 0 aliphatic carbocycles. The van der Waals surface area contributed by atoms with E-state index in [1.807, 2.05) is 24.3 Å².